The molecule has 38 heavy (non-hydrogen) atoms. The first-order valence-corrected chi connectivity index (χ1v) is 11.7. The van der Waals surface area contributed by atoms with Gasteiger partial charge in [0.05, 0.1) is 11.7 Å². The van der Waals surface area contributed by atoms with Crippen molar-refractivity contribution in [2.75, 3.05) is 16.8 Å². The van der Waals surface area contributed by atoms with Crippen molar-refractivity contribution in [3.8, 4) is 17.1 Å². The second-order valence-electron chi connectivity index (χ2n) is 9.59. The molecule has 3 aromatic rings. The fourth-order valence-corrected chi connectivity index (χ4v) is 3.85. The molecule has 1 aliphatic heterocycles. The number of rotatable bonds is 8. The molecule has 1 amide bonds. The number of ether oxygens (including phenoxy) is 3. The van der Waals surface area contributed by atoms with Crippen LogP contribution in [0.2, 0.25) is 0 Å². The van der Waals surface area contributed by atoms with Crippen LogP contribution < -0.4 is 15.0 Å². The Bertz CT molecular complexity index is 1280. The number of alkyl halides is 3. The molecule has 4 rings (SSSR count). The Kier molecular flexibility index (Phi) is 7.44. The van der Waals surface area contributed by atoms with Gasteiger partial charge in [0.15, 0.2) is 0 Å². The topological polar surface area (TPSA) is 125 Å². The maximum Gasteiger partial charge on any atom is 0.573 e. The first-order valence-electron chi connectivity index (χ1n) is 11.7. The van der Waals surface area contributed by atoms with E-state index in [1.807, 2.05) is 27.7 Å². The zero-order valence-corrected chi connectivity index (χ0v) is 21.3. The Morgan fingerprint density at radius 2 is 1.92 bits per heavy atom. The Morgan fingerprint density at radius 3 is 2.63 bits per heavy atom. The summed E-state index contributed by atoms with van der Waals surface area (Å²) >= 11 is 0. The van der Waals surface area contributed by atoms with Crippen molar-refractivity contribution in [2.24, 2.45) is 0 Å². The predicted octanol–water partition coefficient (Wildman–Crippen LogP) is 5.13. The second-order valence-corrected chi connectivity index (χ2v) is 9.59. The van der Waals surface area contributed by atoms with Crippen LogP contribution in [0, 0.1) is 0 Å². The van der Waals surface area contributed by atoms with E-state index in [-0.39, 0.29) is 35.9 Å². The number of anilines is 2. The Labute approximate surface area is 216 Å². The number of hydrogen-bond donors (Lipinski definition) is 1. The number of carbonyl (C=O) groups is 1. The minimum Gasteiger partial charge on any atom is -0.447 e. The standard InChI is InChI=1S/C24H27F3N6O5/c1-13(20-31-19(32-38-20)15-7-6-8-16(11-15)37-24(25,26)27)29-21-28-10-9-18(30-21)33-17(12-35-22(33)34)14(2)36-23(3,4)5/h6-11,13-14,17H,12H2,1-5H3,(H,28,29,30)/t13?,14-,17-/m1/s1. The van der Waals surface area contributed by atoms with Crippen LogP contribution in [-0.2, 0) is 9.47 Å². The number of cyclic esters (lactones) is 1. The van der Waals surface area contributed by atoms with Crippen molar-refractivity contribution in [1.29, 1.82) is 0 Å². The van der Waals surface area contributed by atoms with Gasteiger partial charge in [-0.25, -0.2) is 9.78 Å². The van der Waals surface area contributed by atoms with Crippen molar-refractivity contribution < 1.29 is 36.7 Å². The van der Waals surface area contributed by atoms with Crippen LogP contribution >= 0.6 is 0 Å². The molecule has 1 fully saturated rings. The van der Waals surface area contributed by atoms with Crippen LogP contribution in [0.15, 0.2) is 41.1 Å². The molecule has 14 heteroatoms. The van der Waals surface area contributed by atoms with Gasteiger partial charge >= 0.3 is 12.5 Å². The average Bonchev–Trinajstić information content (AvgIpc) is 3.44. The number of aromatic nitrogens is 4. The fourth-order valence-electron chi connectivity index (χ4n) is 3.85. The molecule has 2 aromatic heterocycles. The zero-order valence-electron chi connectivity index (χ0n) is 21.3. The number of benzene rings is 1. The highest BCUT2D eigenvalue weighted by Gasteiger charge is 2.40. The van der Waals surface area contributed by atoms with Crippen LogP contribution in [0.25, 0.3) is 11.4 Å². The number of carbonyl (C=O) groups excluding carboxylic acids is 1. The third kappa shape index (κ3) is 6.68. The third-order valence-corrected chi connectivity index (χ3v) is 5.36. The van der Waals surface area contributed by atoms with Gasteiger partial charge in [-0.15, -0.1) is 13.2 Å². The molecule has 0 spiro atoms. The first kappa shape index (κ1) is 27.1. The molecule has 0 radical (unpaired) electrons. The first-order chi connectivity index (χ1) is 17.8. The molecule has 11 nitrogen and oxygen atoms in total. The summed E-state index contributed by atoms with van der Waals surface area (Å²) in [6.07, 6.45) is -4.21. The maximum atomic E-state index is 12.5. The highest BCUT2D eigenvalue weighted by atomic mass is 19.4. The SMILES string of the molecule is CC(Nc1nccc(N2C(=O)OC[C@@H]2[C@@H](C)OC(C)(C)C)n1)c1nc(-c2cccc(OC(F)(F)F)c2)no1. The summed E-state index contributed by atoms with van der Waals surface area (Å²) in [5.41, 5.74) is -0.141. The summed E-state index contributed by atoms with van der Waals surface area (Å²) in [6.45, 7) is 9.51. The summed E-state index contributed by atoms with van der Waals surface area (Å²) in [4.78, 5) is 26.8. The molecular weight excluding hydrogens is 509 g/mol. The molecule has 3 heterocycles. The van der Waals surface area contributed by atoms with E-state index in [0.717, 1.165) is 6.07 Å². The number of hydrogen-bond acceptors (Lipinski definition) is 10. The second kappa shape index (κ2) is 10.4. The van der Waals surface area contributed by atoms with Crippen molar-refractivity contribution in [3.05, 3.63) is 42.4 Å². The van der Waals surface area contributed by atoms with Gasteiger partial charge in [0, 0.05) is 11.8 Å². The summed E-state index contributed by atoms with van der Waals surface area (Å²) in [5.74, 6) is 0.310. The molecule has 204 valence electrons. The van der Waals surface area contributed by atoms with Crippen molar-refractivity contribution in [3.63, 3.8) is 0 Å². The van der Waals surface area contributed by atoms with Crippen LogP contribution in [0.4, 0.5) is 29.7 Å². The zero-order chi connectivity index (χ0) is 27.7. The number of halogens is 3. The molecule has 0 aliphatic carbocycles. The van der Waals surface area contributed by atoms with E-state index in [9.17, 15) is 18.0 Å². The minimum absolute atomic E-state index is 0.0754. The third-order valence-electron chi connectivity index (χ3n) is 5.36. The summed E-state index contributed by atoms with van der Waals surface area (Å²) < 4.78 is 58.1. The van der Waals surface area contributed by atoms with Crippen molar-refractivity contribution in [1.82, 2.24) is 20.1 Å². The molecule has 1 unspecified atom stereocenters. The maximum absolute atomic E-state index is 12.5. The largest absolute Gasteiger partial charge is 0.573 e. The molecule has 1 aliphatic rings. The summed E-state index contributed by atoms with van der Waals surface area (Å²) in [5, 5.41) is 6.87. The normalized spacial score (nSPS) is 17.7. The lowest BCUT2D eigenvalue weighted by Gasteiger charge is -2.31. The predicted molar refractivity (Wildman–Crippen MR) is 128 cm³/mol. The summed E-state index contributed by atoms with van der Waals surface area (Å²) in [7, 11) is 0. The highest BCUT2D eigenvalue weighted by molar-refractivity contribution is 5.89. The van der Waals surface area contributed by atoms with E-state index in [4.69, 9.17) is 14.0 Å². The van der Waals surface area contributed by atoms with Gasteiger partial charge in [0.1, 0.15) is 30.3 Å². The molecule has 1 saturated heterocycles. The van der Waals surface area contributed by atoms with Gasteiger partial charge in [0.2, 0.25) is 17.7 Å². The Balaban J connectivity index is 1.48. The van der Waals surface area contributed by atoms with E-state index in [0.29, 0.717) is 5.82 Å². The van der Waals surface area contributed by atoms with Crippen molar-refractivity contribution >= 4 is 17.9 Å². The van der Waals surface area contributed by atoms with Gasteiger partial charge in [-0.05, 0) is 52.8 Å². The van der Waals surface area contributed by atoms with Gasteiger partial charge in [-0.3, -0.25) is 4.90 Å². The van der Waals surface area contributed by atoms with Crippen LogP contribution in [-0.4, -0.2) is 56.9 Å². The number of amides is 1. The van der Waals surface area contributed by atoms with Crippen LogP contribution in [0.3, 0.4) is 0 Å². The smallest absolute Gasteiger partial charge is 0.447 e. The quantitative estimate of drug-likeness (QED) is 0.414. The molecule has 3 atom stereocenters. The minimum atomic E-state index is -4.82. The fraction of sp³-hybridized carbons (Fsp3) is 0.458. The van der Waals surface area contributed by atoms with Crippen molar-refractivity contribution in [2.45, 2.75) is 64.8 Å². The molecule has 1 aromatic carbocycles. The lowest BCUT2D eigenvalue weighted by atomic mass is 10.1. The molecule has 0 saturated carbocycles. The Morgan fingerprint density at radius 1 is 1.16 bits per heavy atom. The van der Waals surface area contributed by atoms with E-state index in [2.05, 4.69) is 30.2 Å². The van der Waals surface area contributed by atoms with E-state index in [1.165, 1.54) is 29.3 Å². The monoisotopic (exact) mass is 536 g/mol. The summed E-state index contributed by atoms with van der Waals surface area (Å²) in [6, 6.07) is 5.85. The Hall–Kier alpha value is -3.94. The lowest BCUT2D eigenvalue weighted by molar-refractivity contribution is -0.274. The molecule has 0 bridgehead atoms. The average molecular weight is 537 g/mol. The van der Waals surface area contributed by atoms with Crippen LogP contribution in [0.5, 0.6) is 5.75 Å². The van der Waals surface area contributed by atoms with Gasteiger partial charge in [0.25, 0.3) is 0 Å². The van der Waals surface area contributed by atoms with E-state index in [1.54, 1.807) is 13.0 Å². The molecule has 1 N–H and O–H groups in total. The highest BCUT2D eigenvalue weighted by Crippen LogP contribution is 2.29. The molecular formula is C24H27F3N6O5. The van der Waals surface area contributed by atoms with Gasteiger partial charge in [-0.1, -0.05) is 17.3 Å². The van der Waals surface area contributed by atoms with Crippen LogP contribution in [0.1, 0.15) is 46.6 Å². The van der Waals surface area contributed by atoms with Gasteiger partial charge in [-0.2, -0.15) is 9.97 Å². The van der Waals surface area contributed by atoms with E-state index >= 15 is 0 Å². The van der Waals surface area contributed by atoms with E-state index < -0.39 is 35.9 Å². The number of nitrogens with one attached hydrogen (secondary N) is 1. The lowest BCUT2D eigenvalue weighted by Crippen LogP contribution is -2.45. The number of nitrogens with zero attached hydrogens (tertiary/aromatic N) is 5. The van der Waals surface area contributed by atoms with Gasteiger partial charge < -0.3 is 24.1 Å².